The molecule has 4 rings (SSSR count). The summed E-state index contributed by atoms with van der Waals surface area (Å²) in [7, 11) is 1.54. The van der Waals surface area contributed by atoms with Gasteiger partial charge in [-0.1, -0.05) is 59.6 Å². The predicted octanol–water partition coefficient (Wildman–Crippen LogP) is 7.73. The smallest absolute Gasteiger partial charge is 0.255 e. The van der Waals surface area contributed by atoms with Crippen molar-refractivity contribution in [3.63, 3.8) is 0 Å². The summed E-state index contributed by atoms with van der Waals surface area (Å²) in [6.07, 6.45) is 0. The molecule has 0 saturated heterocycles. The standard InChI is InChI=1S/C28H22Cl2N2O3S/c1-35-25-15-12-22(17-24(25)30)32-28(34)26(18-6-3-2-4-7-18)36-23-13-10-21(11-14-23)31-27(33)19-8-5-9-20(29)16-19/h2-17,26H,1H3,(H,31,33)(H,32,34). The molecule has 2 N–H and O–H groups in total. The van der Waals surface area contributed by atoms with Gasteiger partial charge in [0.15, 0.2) is 0 Å². The highest BCUT2D eigenvalue weighted by molar-refractivity contribution is 8.00. The molecule has 182 valence electrons. The van der Waals surface area contributed by atoms with Gasteiger partial charge in [-0.15, -0.1) is 11.8 Å². The van der Waals surface area contributed by atoms with Crippen molar-refractivity contribution in [1.82, 2.24) is 0 Å². The number of halogens is 2. The first-order valence-corrected chi connectivity index (χ1v) is 12.6. The number of anilines is 2. The quantitative estimate of drug-likeness (QED) is 0.226. The Labute approximate surface area is 223 Å². The van der Waals surface area contributed by atoms with Crippen molar-refractivity contribution in [2.45, 2.75) is 10.1 Å². The predicted molar refractivity (Wildman–Crippen MR) is 148 cm³/mol. The SMILES string of the molecule is COc1ccc(NC(=O)C(Sc2ccc(NC(=O)c3cccc(Cl)c3)cc2)c2ccccc2)cc1Cl. The number of ether oxygens (including phenoxy) is 1. The summed E-state index contributed by atoms with van der Waals surface area (Å²) in [5, 5.41) is 6.20. The van der Waals surface area contributed by atoms with Crippen molar-refractivity contribution in [3.8, 4) is 5.75 Å². The Morgan fingerprint density at radius 2 is 1.53 bits per heavy atom. The highest BCUT2D eigenvalue weighted by atomic mass is 35.5. The third-order valence-electron chi connectivity index (χ3n) is 5.21. The lowest BCUT2D eigenvalue weighted by Crippen LogP contribution is -2.19. The second-order valence-electron chi connectivity index (χ2n) is 7.74. The zero-order valence-electron chi connectivity index (χ0n) is 19.2. The minimum Gasteiger partial charge on any atom is -0.495 e. The van der Waals surface area contributed by atoms with Gasteiger partial charge < -0.3 is 15.4 Å². The fraction of sp³-hybridized carbons (Fsp3) is 0.0714. The van der Waals surface area contributed by atoms with Gasteiger partial charge in [-0.25, -0.2) is 0 Å². The Balaban J connectivity index is 1.49. The van der Waals surface area contributed by atoms with E-state index in [0.29, 0.717) is 32.7 Å². The third-order valence-corrected chi connectivity index (χ3v) is 7.01. The van der Waals surface area contributed by atoms with E-state index in [1.807, 2.05) is 42.5 Å². The number of hydrogen-bond acceptors (Lipinski definition) is 4. The van der Waals surface area contributed by atoms with Crippen molar-refractivity contribution >= 4 is 58.2 Å². The number of hydrogen-bond donors (Lipinski definition) is 2. The molecule has 1 unspecified atom stereocenters. The van der Waals surface area contributed by atoms with Crippen LogP contribution in [0.25, 0.3) is 0 Å². The summed E-state index contributed by atoms with van der Waals surface area (Å²) in [4.78, 5) is 26.7. The molecule has 8 heteroatoms. The molecule has 0 aliphatic carbocycles. The average Bonchev–Trinajstić information content (AvgIpc) is 2.89. The second kappa shape index (κ2) is 12.0. The van der Waals surface area contributed by atoms with Gasteiger partial charge >= 0.3 is 0 Å². The summed E-state index contributed by atoms with van der Waals surface area (Å²) in [6.45, 7) is 0. The van der Waals surface area contributed by atoms with E-state index < -0.39 is 5.25 Å². The molecule has 0 aromatic heterocycles. The van der Waals surface area contributed by atoms with Crippen molar-refractivity contribution < 1.29 is 14.3 Å². The average molecular weight is 537 g/mol. The molecule has 2 amide bonds. The van der Waals surface area contributed by atoms with Gasteiger partial charge in [-0.05, 0) is 66.2 Å². The third kappa shape index (κ3) is 6.61. The number of carbonyl (C=O) groups is 2. The number of nitrogens with one attached hydrogen (secondary N) is 2. The lowest BCUT2D eigenvalue weighted by atomic mass is 10.1. The van der Waals surface area contributed by atoms with Crippen LogP contribution < -0.4 is 15.4 Å². The highest BCUT2D eigenvalue weighted by Gasteiger charge is 2.22. The molecule has 4 aromatic rings. The van der Waals surface area contributed by atoms with Crippen molar-refractivity contribution in [2.75, 3.05) is 17.7 Å². The van der Waals surface area contributed by atoms with Crippen LogP contribution in [0.2, 0.25) is 10.0 Å². The molecule has 0 bridgehead atoms. The Bertz CT molecular complexity index is 1370. The van der Waals surface area contributed by atoms with E-state index in [2.05, 4.69) is 10.6 Å². The first kappa shape index (κ1) is 25.6. The maximum Gasteiger partial charge on any atom is 0.255 e. The van der Waals surface area contributed by atoms with Crippen LogP contribution in [-0.4, -0.2) is 18.9 Å². The van der Waals surface area contributed by atoms with Crippen LogP contribution in [0.3, 0.4) is 0 Å². The molecule has 0 spiro atoms. The van der Waals surface area contributed by atoms with Gasteiger partial charge in [-0.3, -0.25) is 9.59 Å². The minimum atomic E-state index is -0.515. The molecule has 0 aliphatic heterocycles. The van der Waals surface area contributed by atoms with Crippen LogP contribution in [-0.2, 0) is 4.79 Å². The zero-order valence-corrected chi connectivity index (χ0v) is 21.5. The maximum absolute atomic E-state index is 13.3. The zero-order chi connectivity index (χ0) is 25.5. The first-order valence-electron chi connectivity index (χ1n) is 11.0. The molecule has 0 fully saturated rings. The van der Waals surface area contributed by atoms with Gasteiger partial charge in [0.1, 0.15) is 11.0 Å². The van der Waals surface area contributed by atoms with E-state index in [9.17, 15) is 9.59 Å². The normalized spacial score (nSPS) is 11.4. The molecular formula is C28H22Cl2N2O3S. The van der Waals surface area contributed by atoms with Crippen molar-refractivity contribution in [2.24, 2.45) is 0 Å². The van der Waals surface area contributed by atoms with E-state index in [-0.39, 0.29) is 11.8 Å². The van der Waals surface area contributed by atoms with E-state index in [1.165, 1.54) is 18.9 Å². The first-order chi connectivity index (χ1) is 17.4. The number of carbonyl (C=O) groups excluding carboxylic acids is 2. The van der Waals surface area contributed by atoms with E-state index in [0.717, 1.165) is 10.5 Å². The topological polar surface area (TPSA) is 67.4 Å². The van der Waals surface area contributed by atoms with E-state index in [1.54, 1.807) is 54.6 Å². The van der Waals surface area contributed by atoms with Crippen LogP contribution >= 0.6 is 35.0 Å². The number of benzene rings is 4. The largest absolute Gasteiger partial charge is 0.495 e. The molecule has 5 nitrogen and oxygen atoms in total. The molecule has 1 atom stereocenters. The van der Waals surface area contributed by atoms with E-state index >= 15 is 0 Å². The van der Waals surface area contributed by atoms with Crippen molar-refractivity contribution in [1.29, 1.82) is 0 Å². The monoisotopic (exact) mass is 536 g/mol. The Morgan fingerprint density at radius 3 is 2.19 bits per heavy atom. The Morgan fingerprint density at radius 1 is 0.806 bits per heavy atom. The van der Waals surface area contributed by atoms with Crippen LogP contribution in [0.5, 0.6) is 5.75 Å². The fourth-order valence-electron chi connectivity index (χ4n) is 3.44. The summed E-state index contributed by atoms with van der Waals surface area (Å²) in [5.74, 6) is 0.0922. The summed E-state index contributed by atoms with van der Waals surface area (Å²) in [5.41, 5.74) is 2.54. The van der Waals surface area contributed by atoms with Gasteiger partial charge in [0.2, 0.25) is 5.91 Å². The summed E-state index contributed by atoms with van der Waals surface area (Å²) in [6, 6.07) is 28.7. The van der Waals surface area contributed by atoms with Gasteiger partial charge in [0, 0.05) is 26.9 Å². The fourth-order valence-corrected chi connectivity index (χ4v) is 4.91. The Hall–Kier alpha value is -3.45. The van der Waals surface area contributed by atoms with Gasteiger partial charge in [0.05, 0.1) is 12.1 Å². The van der Waals surface area contributed by atoms with Crippen LogP contribution in [0.1, 0.15) is 21.2 Å². The minimum absolute atomic E-state index is 0.189. The van der Waals surface area contributed by atoms with Crippen molar-refractivity contribution in [3.05, 3.63) is 118 Å². The number of amides is 2. The van der Waals surface area contributed by atoms with Gasteiger partial charge in [-0.2, -0.15) is 0 Å². The molecule has 4 aromatic carbocycles. The summed E-state index contributed by atoms with van der Waals surface area (Å²) >= 11 is 13.6. The Kier molecular flexibility index (Phi) is 8.54. The number of methoxy groups -OCH3 is 1. The van der Waals surface area contributed by atoms with E-state index in [4.69, 9.17) is 27.9 Å². The molecule has 0 radical (unpaired) electrons. The lowest BCUT2D eigenvalue weighted by molar-refractivity contribution is -0.115. The second-order valence-corrected chi connectivity index (χ2v) is 9.76. The van der Waals surface area contributed by atoms with Crippen LogP contribution in [0, 0.1) is 0 Å². The van der Waals surface area contributed by atoms with Crippen LogP contribution in [0.15, 0.2) is 102 Å². The molecule has 0 saturated carbocycles. The maximum atomic E-state index is 13.3. The summed E-state index contributed by atoms with van der Waals surface area (Å²) < 4.78 is 5.18. The van der Waals surface area contributed by atoms with Crippen LogP contribution in [0.4, 0.5) is 11.4 Å². The lowest BCUT2D eigenvalue weighted by Gasteiger charge is -2.18. The highest BCUT2D eigenvalue weighted by Crippen LogP contribution is 2.37. The molecular weight excluding hydrogens is 515 g/mol. The molecule has 0 heterocycles. The number of thioether (sulfide) groups is 1. The number of rotatable bonds is 8. The van der Waals surface area contributed by atoms with Gasteiger partial charge in [0.25, 0.3) is 5.91 Å². The molecule has 0 aliphatic rings. The molecule has 36 heavy (non-hydrogen) atoms.